The Bertz CT molecular complexity index is 1480. The minimum atomic E-state index is -2.51. The number of carbonyl (C=O) groups excluding carboxylic acids is 4. The molecule has 2 saturated heterocycles. The molecule has 0 unspecified atom stereocenters. The first-order chi connectivity index (χ1) is 27.0. The maximum atomic E-state index is 14.3. The molecule has 1 amide bonds. The standard InChI is InChI=1S/C44H69NO12/c1-10-13-30-19-25(2)18-26(3)20-37(54-8)40-38(55-9)22-29(6)44(52,57-40)41(49)42(50)45-17-12-11-14-32(45)43(51)56-39(31-15-16-33(46)36(23-31)53-7)28(5)21-27(4)34(47)24-35(30)48/h10,19,21,26-27,29-34,36-40,46-47,52H,1,11-18,20,22-24H2,2-9H3/b25-19+,28-21+/t26-,27-,29+,30+,31+,32-,33+,34-,36-,37-,38-,39-,40+,44+/m0/s1. The Hall–Kier alpha value is -2.78. The van der Waals surface area contributed by atoms with Crippen molar-refractivity contribution >= 4 is 23.4 Å². The molecule has 3 fully saturated rings. The second-order valence-electron chi connectivity index (χ2n) is 17.3. The number of rotatable bonds is 6. The van der Waals surface area contributed by atoms with Gasteiger partial charge in [0.2, 0.25) is 5.79 Å². The summed E-state index contributed by atoms with van der Waals surface area (Å²) in [5.41, 5.74) is 1.62. The second kappa shape index (κ2) is 21.0. The lowest BCUT2D eigenvalue weighted by Crippen LogP contribution is -2.64. The van der Waals surface area contributed by atoms with Gasteiger partial charge in [0, 0.05) is 58.0 Å². The predicted molar refractivity (Wildman–Crippen MR) is 213 cm³/mol. The Balaban J connectivity index is 1.78. The van der Waals surface area contributed by atoms with E-state index in [1.807, 2.05) is 39.8 Å². The van der Waals surface area contributed by atoms with Crippen molar-refractivity contribution in [2.75, 3.05) is 27.9 Å². The van der Waals surface area contributed by atoms with Crippen molar-refractivity contribution in [1.29, 1.82) is 0 Å². The van der Waals surface area contributed by atoms with Crippen molar-refractivity contribution in [1.82, 2.24) is 4.90 Å². The fourth-order valence-corrected chi connectivity index (χ4v) is 9.45. The SMILES string of the molecule is C=CC[C@@H]1/C=C(\C)C[C@H](C)C[C@H](OC)[C@H]2O[C@@](O)(C(=O)C(=O)N3CCCC[C@H]3C(=O)O[C@H]([C@@H]3CC[C@@H](O)[C@@H](OC)C3)/C(C)=C/[C@H](C)[C@@H](O)CC1=O)[C@H](C)C[C@@H]2OC. The molecule has 57 heavy (non-hydrogen) atoms. The average Bonchev–Trinajstić information content (AvgIpc) is 3.18. The molecule has 0 aromatic carbocycles. The van der Waals surface area contributed by atoms with Gasteiger partial charge in [-0.15, -0.1) is 6.58 Å². The number of hydrogen-bond donors (Lipinski definition) is 3. The fraction of sp³-hybridized carbons (Fsp3) is 0.773. The van der Waals surface area contributed by atoms with Gasteiger partial charge in [-0.2, -0.15) is 0 Å². The van der Waals surface area contributed by atoms with Crippen LogP contribution < -0.4 is 0 Å². The summed E-state index contributed by atoms with van der Waals surface area (Å²) in [4.78, 5) is 57.7. The number of allylic oxidation sites excluding steroid dienone is 3. The fourth-order valence-electron chi connectivity index (χ4n) is 9.45. The zero-order chi connectivity index (χ0) is 42.2. The van der Waals surface area contributed by atoms with E-state index in [4.69, 9.17) is 23.7 Å². The predicted octanol–water partition coefficient (Wildman–Crippen LogP) is 4.64. The van der Waals surface area contributed by atoms with E-state index in [1.165, 1.54) is 26.2 Å². The summed E-state index contributed by atoms with van der Waals surface area (Å²) < 4.78 is 29.9. The highest BCUT2D eigenvalue weighted by Gasteiger charge is 2.56. The Morgan fingerprint density at radius 2 is 1.54 bits per heavy atom. The number of piperidine rings is 1. The van der Waals surface area contributed by atoms with Gasteiger partial charge in [-0.05, 0) is 89.5 Å². The van der Waals surface area contributed by atoms with Gasteiger partial charge < -0.3 is 43.9 Å². The summed E-state index contributed by atoms with van der Waals surface area (Å²) in [6.45, 7) is 13.2. The molecule has 2 bridgehead atoms. The van der Waals surface area contributed by atoms with Crippen LogP contribution in [0.4, 0.5) is 0 Å². The maximum absolute atomic E-state index is 14.3. The number of amides is 1. The number of aliphatic hydroxyl groups excluding tert-OH is 2. The molecule has 3 aliphatic heterocycles. The molecule has 0 aromatic rings. The van der Waals surface area contributed by atoms with Crippen LogP contribution in [0.3, 0.4) is 0 Å². The first-order valence-electron chi connectivity index (χ1n) is 20.9. The van der Waals surface area contributed by atoms with Gasteiger partial charge in [-0.3, -0.25) is 14.4 Å². The van der Waals surface area contributed by atoms with Crippen LogP contribution >= 0.6 is 0 Å². The minimum Gasteiger partial charge on any atom is -0.456 e. The molecule has 4 aliphatic rings. The van der Waals surface area contributed by atoms with Crippen molar-refractivity contribution in [2.45, 2.75) is 160 Å². The Kier molecular flexibility index (Phi) is 17.2. The number of cyclic esters (lactones) is 1. The summed E-state index contributed by atoms with van der Waals surface area (Å²) in [6.07, 6.45) is 4.67. The smallest absolute Gasteiger partial charge is 0.329 e. The van der Waals surface area contributed by atoms with Crippen molar-refractivity contribution in [3.63, 3.8) is 0 Å². The summed E-state index contributed by atoms with van der Waals surface area (Å²) in [7, 11) is 4.58. The molecule has 13 nitrogen and oxygen atoms in total. The molecule has 1 saturated carbocycles. The average molecular weight is 804 g/mol. The van der Waals surface area contributed by atoms with Crippen LogP contribution in [0.15, 0.2) is 36.0 Å². The third kappa shape index (κ3) is 11.3. The van der Waals surface area contributed by atoms with Crippen LogP contribution in [0.2, 0.25) is 0 Å². The van der Waals surface area contributed by atoms with Crippen molar-refractivity contribution in [3.05, 3.63) is 36.0 Å². The van der Waals surface area contributed by atoms with Crippen molar-refractivity contribution in [2.24, 2.45) is 29.6 Å². The molecule has 1 aliphatic carbocycles. The Labute approximate surface area is 339 Å². The van der Waals surface area contributed by atoms with Crippen LogP contribution in [0.1, 0.15) is 105 Å². The van der Waals surface area contributed by atoms with E-state index in [1.54, 1.807) is 13.0 Å². The third-order valence-electron chi connectivity index (χ3n) is 12.9. The van der Waals surface area contributed by atoms with E-state index in [0.29, 0.717) is 56.9 Å². The number of carbonyl (C=O) groups is 4. The van der Waals surface area contributed by atoms with Gasteiger partial charge in [0.1, 0.15) is 24.0 Å². The number of hydrogen-bond acceptors (Lipinski definition) is 12. The Morgan fingerprint density at radius 3 is 2.19 bits per heavy atom. The highest BCUT2D eigenvalue weighted by atomic mass is 16.7. The zero-order valence-electron chi connectivity index (χ0n) is 35.4. The summed E-state index contributed by atoms with van der Waals surface area (Å²) in [5, 5.41) is 34.0. The van der Waals surface area contributed by atoms with Crippen LogP contribution in [0.25, 0.3) is 0 Å². The monoisotopic (exact) mass is 803 g/mol. The summed E-state index contributed by atoms with van der Waals surface area (Å²) in [6, 6.07) is -1.10. The molecule has 14 atom stereocenters. The number of methoxy groups -OCH3 is 3. The quantitative estimate of drug-likeness (QED) is 0.193. The van der Waals surface area contributed by atoms with E-state index in [2.05, 4.69) is 6.58 Å². The molecule has 3 N–H and O–H groups in total. The van der Waals surface area contributed by atoms with Crippen LogP contribution in [-0.2, 0) is 42.9 Å². The van der Waals surface area contributed by atoms with Gasteiger partial charge >= 0.3 is 5.97 Å². The number of aliphatic hydroxyl groups is 3. The topological polar surface area (TPSA) is 178 Å². The van der Waals surface area contributed by atoms with Crippen LogP contribution in [-0.4, -0.2) is 126 Å². The van der Waals surface area contributed by atoms with E-state index < -0.39 is 90.0 Å². The first kappa shape index (κ1) is 46.9. The van der Waals surface area contributed by atoms with Crippen LogP contribution in [0.5, 0.6) is 0 Å². The van der Waals surface area contributed by atoms with Crippen molar-refractivity contribution < 1.29 is 58.2 Å². The lowest BCUT2D eigenvalue weighted by molar-refractivity contribution is -0.302. The first-order valence-corrected chi connectivity index (χ1v) is 20.9. The second-order valence-corrected chi connectivity index (χ2v) is 17.3. The number of esters is 1. The number of nitrogens with zero attached hydrogens (tertiary/aromatic N) is 1. The van der Waals surface area contributed by atoms with Gasteiger partial charge in [0.05, 0.1) is 30.5 Å². The van der Waals surface area contributed by atoms with E-state index in [0.717, 1.165) is 5.57 Å². The molecule has 0 radical (unpaired) electrons. The molecule has 13 heteroatoms. The maximum Gasteiger partial charge on any atom is 0.329 e. The number of fused-ring (bicyclic) bond motifs is 3. The summed E-state index contributed by atoms with van der Waals surface area (Å²) >= 11 is 0. The molecular formula is C44H69NO12. The number of ether oxygens (including phenoxy) is 5. The van der Waals surface area contributed by atoms with Crippen LogP contribution in [0, 0.1) is 29.6 Å². The lowest BCUT2D eigenvalue weighted by atomic mass is 9.79. The number of Topliss-reactive ketones (excluding diaryl/α,β-unsaturated/α-hetero) is 2. The van der Waals surface area contributed by atoms with E-state index in [-0.39, 0.29) is 43.4 Å². The summed E-state index contributed by atoms with van der Waals surface area (Å²) in [5.74, 6) is -7.58. The normalized spacial score (nSPS) is 41.9. The lowest BCUT2D eigenvalue weighted by Gasteiger charge is -2.47. The highest BCUT2D eigenvalue weighted by Crippen LogP contribution is 2.39. The third-order valence-corrected chi connectivity index (χ3v) is 12.9. The molecule has 3 heterocycles. The molecule has 322 valence electrons. The molecular weight excluding hydrogens is 734 g/mol. The van der Waals surface area contributed by atoms with Crippen molar-refractivity contribution in [3.8, 4) is 0 Å². The van der Waals surface area contributed by atoms with Gasteiger partial charge in [-0.1, -0.05) is 44.6 Å². The molecule has 0 aromatic heterocycles. The highest BCUT2D eigenvalue weighted by molar-refractivity contribution is 6.39. The van der Waals surface area contributed by atoms with E-state index >= 15 is 0 Å². The van der Waals surface area contributed by atoms with Gasteiger partial charge in [0.15, 0.2) is 0 Å². The molecule has 4 rings (SSSR count). The molecule has 0 spiro atoms. The largest absolute Gasteiger partial charge is 0.456 e. The van der Waals surface area contributed by atoms with Gasteiger partial charge in [-0.25, -0.2) is 4.79 Å². The van der Waals surface area contributed by atoms with Gasteiger partial charge in [0.25, 0.3) is 11.7 Å². The minimum absolute atomic E-state index is 0.0107. The number of ketones is 2. The Morgan fingerprint density at radius 1 is 0.877 bits per heavy atom. The van der Waals surface area contributed by atoms with E-state index in [9.17, 15) is 34.5 Å². The zero-order valence-corrected chi connectivity index (χ0v) is 35.4.